The number of aromatic nitrogens is 1. The number of pyridine rings is 1. The van der Waals surface area contributed by atoms with Gasteiger partial charge in [0.15, 0.2) is 0 Å². The van der Waals surface area contributed by atoms with Crippen molar-refractivity contribution in [3.8, 4) is 5.88 Å². The van der Waals surface area contributed by atoms with Crippen molar-refractivity contribution in [2.45, 2.75) is 37.1 Å². The summed E-state index contributed by atoms with van der Waals surface area (Å²) in [6.07, 6.45) is 2.28. The molecular formula is C20H21F3N2O6. The highest BCUT2D eigenvalue weighted by molar-refractivity contribution is 5.93. The first-order chi connectivity index (χ1) is 14.7. The Morgan fingerprint density at radius 1 is 1.29 bits per heavy atom. The molecular weight excluding hydrogens is 421 g/mol. The molecule has 4 heterocycles. The fourth-order valence-electron chi connectivity index (χ4n) is 3.59. The highest BCUT2D eigenvalue weighted by Gasteiger charge is 2.45. The van der Waals surface area contributed by atoms with Crippen LogP contribution >= 0.6 is 0 Å². The van der Waals surface area contributed by atoms with Crippen LogP contribution in [0.1, 0.15) is 29.6 Å². The predicted octanol–water partition coefficient (Wildman–Crippen LogP) is 3.15. The Morgan fingerprint density at radius 3 is 2.68 bits per heavy atom. The van der Waals surface area contributed by atoms with Crippen LogP contribution in [-0.2, 0) is 9.53 Å². The molecule has 31 heavy (non-hydrogen) atoms. The second kappa shape index (κ2) is 9.38. The minimum atomic E-state index is -5.08. The predicted molar refractivity (Wildman–Crippen MR) is 99.5 cm³/mol. The third-order valence-electron chi connectivity index (χ3n) is 4.94. The average Bonchev–Trinajstić information content (AvgIpc) is 3.39. The molecule has 11 heteroatoms. The van der Waals surface area contributed by atoms with Crippen molar-refractivity contribution in [3.05, 3.63) is 48.6 Å². The Labute approximate surface area is 175 Å². The molecule has 4 rings (SSSR count). The van der Waals surface area contributed by atoms with Gasteiger partial charge in [-0.05, 0) is 25.0 Å². The van der Waals surface area contributed by atoms with Gasteiger partial charge in [-0.1, -0.05) is 6.07 Å². The quantitative estimate of drug-likeness (QED) is 0.779. The number of aliphatic carboxylic acids is 1. The van der Waals surface area contributed by atoms with Gasteiger partial charge >= 0.3 is 12.1 Å². The Morgan fingerprint density at radius 2 is 2.06 bits per heavy atom. The molecule has 1 amide bonds. The van der Waals surface area contributed by atoms with E-state index in [-0.39, 0.29) is 17.6 Å². The Kier molecular flexibility index (Phi) is 6.84. The van der Waals surface area contributed by atoms with E-state index in [1.807, 2.05) is 23.1 Å². The van der Waals surface area contributed by atoms with Gasteiger partial charge in [0.2, 0.25) is 5.88 Å². The molecule has 8 nitrogen and oxygen atoms in total. The molecule has 0 aliphatic carbocycles. The summed E-state index contributed by atoms with van der Waals surface area (Å²) in [4.78, 5) is 27.5. The maximum absolute atomic E-state index is 12.5. The lowest BCUT2D eigenvalue weighted by atomic mass is 9.89. The normalized spacial score (nSPS) is 23.2. The topological polar surface area (TPSA) is 102 Å². The number of carboxylic acid groups (broad SMARTS) is 1. The molecule has 2 aromatic heterocycles. The van der Waals surface area contributed by atoms with Crippen molar-refractivity contribution >= 4 is 11.9 Å². The zero-order valence-electron chi connectivity index (χ0n) is 16.4. The molecule has 168 valence electrons. The van der Waals surface area contributed by atoms with E-state index >= 15 is 0 Å². The van der Waals surface area contributed by atoms with Crippen LogP contribution < -0.4 is 4.74 Å². The number of halogens is 3. The first-order valence-corrected chi connectivity index (χ1v) is 9.52. The summed E-state index contributed by atoms with van der Waals surface area (Å²) in [5, 5.41) is 7.12. The highest BCUT2D eigenvalue weighted by atomic mass is 19.4. The zero-order valence-corrected chi connectivity index (χ0v) is 16.4. The number of ether oxygens (including phenoxy) is 2. The number of carbonyl (C=O) groups excluding carboxylic acids is 1. The fourth-order valence-corrected chi connectivity index (χ4v) is 3.59. The van der Waals surface area contributed by atoms with E-state index < -0.39 is 12.1 Å². The second-order valence-electron chi connectivity index (χ2n) is 7.25. The molecule has 0 radical (unpaired) electrons. The van der Waals surface area contributed by atoms with Crippen LogP contribution in [0.5, 0.6) is 5.88 Å². The lowest BCUT2D eigenvalue weighted by Gasteiger charge is -2.39. The average molecular weight is 442 g/mol. The summed E-state index contributed by atoms with van der Waals surface area (Å²) in [6.45, 7) is 1.88. The number of hydrogen-bond donors (Lipinski definition) is 1. The van der Waals surface area contributed by atoms with E-state index in [0.717, 1.165) is 25.8 Å². The second-order valence-corrected chi connectivity index (χ2v) is 7.25. The van der Waals surface area contributed by atoms with Crippen molar-refractivity contribution in [2.75, 3.05) is 19.7 Å². The highest BCUT2D eigenvalue weighted by Crippen LogP contribution is 2.36. The van der Waals surface area contributed by atoms with E-state index in [4.69, 9.17) is 23.8 Å². The van der Waals surface area contributed by atoms with Crippen molar-refractivity contribution in [1.82, 2.24) is 9.88 Å². The number of alkyl halides is 3. The monoisotopic (exact) mass is 442 g/mol. The molecule has 1 spiro atoms. The number of likely N-dealkylation sites (tertiary alicyclic amines) is 1. The molecule has 0 saturated carbocycles. The Hall–Kier alpha value is -3.08. The van der Waals surface area contributed by atoms with Crippen LogP contribution in [0.3, 0.4) is 0 Å². The summed E-state index contributed by atoms with van der Waals surface area (Å²) >= 11 is 0. The summed E-state index contributed by atoms with van der Waals surface area (Å²) in [7, 11) is 0. The van der Waals surface area contributed by atoms with Gasteiger partial charge in [-0.3, -0.25) is 4.79 Å². The summed E-state index contributed by atoms with van der Waals surface area (Å²) in [5.41, 5.74) is 0.281. The van der Waals surface area contributed by atoms with E-state index in [2.05, 4.69) is 4.98 Å². The molecule has 2 aliphatic heterocycles. The molecule has 2 saturated heterocycles. The fraction of sp³-hybridized carbons (Fsp3) is 0.450. The number of hydrogen-bond acceptors (Lipinski definition) is 6. The van der Waals surface area contributed by atoms with Crippen molar-refractivity contribution < 1.29 is 41.8 Å². The molecule has 2 fully saturated rings. The largest absolute Gasteiger partial charge is 0.490 e. The molecule has 0 unspecified atom stereocenters. The van der Waals surface area contributed by atoms with Crippen LogP contribution in [-0.4, -0.2) is 64.4 Å². The molecule has 2 aliphatic rings. The standard InChI is InChI=1S/C18H20N2O4.C2HF3O2/c21-17(14-5-9-22-11-14)20-8-3-6-18(13-20)10-15(12-23-18)24-16-4-1-2-7-19-16;3-2(4,5)1(6)7/h1-2,4-5,7,9,11,15H,3,6,8,10,12-13H2;(H,6,7)/t15-,18+;/m1./s1. The van der Waals surface area contributed by atoms with Gasteiger partial charge in [0.25, 0.3) is 5.91 Å². The lowest BCUT2D eigenvalue weighted by molar-refractivity contribution is -0.192. The number of furan rings is 1. The maximum Gasteiger partial charge on any atom is 0.490 e. The number of rotatable bonds is 3. The third kappa shape index (κ3) is 5.97. The van der Waals surface area contributed by atoms with Crippen molar-refractivity contribution in [3.63, 3.8) is 0 Å². The van der Waals surface area contributed by atoms with Crippen LogP contribution in [0.25, 0.3) is 0 Å². The van der Waals surface area contributed by atoms with Crippen molar-refractivity contribution in [2.24, 2.45) is 0 Å². The van der Waals surface area contributed by atoms with E-state index in [1.54, 1.807) is 12.3 Å². The summed E-state index contributed by atoms with van der Waals surface area (Å²) < 4.78 is 48.8. The molecule has 0 bridgehead atoms. The number of carboxylic acids is 1. The van der Waals surface area contributed by atoms with Crippen LogP contribution in [0, 0.1) is 0 Å². The van der Waals surface area contributed by atoms with Gasteiger partial charge in [0.1, 0.15) is 12.4 Å². The van der Waals surface area contributed by atoms with E-state index in [1.165, 1.54) is 12.5 Å². The van der Waals surface area contributed by atoms with Gasteiger partial charge in [0.05, 0.1) is 30.6 Å². The first-order valence-electron chi connectivity index (χ1n) is 9.52. The van der Waals surface area contributed by atoms with Gasteiger partial charge in [-0.25, -0.2) is 9.78 Å². The van der Waals surface area contributed by atoms with Crippen LogP contribution in [0.4, 0.5) is 13.2 Å². The van der Waals surface area contributed by atoms with E-state index in [9.17, 15) is 18.0 Å². The minimum absolute atomic E-state index is 0.000481. The minimum Gasteiger partial charge on any atom is -0.475 e. The Bertz CT molecular complexity index is 875. The summed E-state index contributed by atoms with van der Waals surface area (Å²) in [6, 6.07) is 7.31. The zero-order chi connectivity index (χ0) is 22.5. The SMILES string of the molecule is O=C(O)C(F)(F)F.O=C(c1ccoc1)N1CCC[C@]2(C[C@@H](Oc3ccccn3)CO2)C1. The Balaban J connectivity index is 0.000000339. The smallest absolute Gasteiger partial charge is 0.475 e. The number of carbonyl (C=O) groups is 2. The lowest BCUT2D eigenvalue weighted by Crippen LogP contribution is -2.50. The number of amides is 1. The van der Waals surface area contributed by atoms with Crippen molar-refractivity contribution in [1.29, 1.82) is 0 Å². The molecule has 2 aromatic rings. The molecule has 0 aromatic carbocycles. The molecule has 1 N–H and O–H groups in total. The van der Waals surface area contributed by atoms with E-state index in [0.29, 0.717) is 24.6 Å². The number of piperidine rings is 1. The third-order valence-corrected chi connectivity index (χ3v) is 4.94. The van der Waals surface area contributed by atoms with Gasteiger partial charge in [0, 0.05) is 25.2 Å². The van der Waals surface area contributed by atoms with Gasteiger partial charge in [-0.15, -0.1) is 0 Å². The molecule has 2 atom stereocenters. The van der Waals surface area contributed by atoms with Gasteiger partial charge in [-0.2, -0.15) is 13.2 Å². The maximum atomic E-state index is 12.5. The van der Waals surface area contributed by atoms with Crippen LogP contribution in [0.2, 0.25) is 0 Å². The van der Waals surface area contributed by atoms with Crippen LogP contribution in [0.15, 0.2) is 47.4 Å². The first kappa shape index (κ1) is 22.6. The van der Waals surface area contributed by atoms with Gasteiger partial charge < -0.3 is 23.9 Å². The summed E-state index contributed by atoms with van der Waals surface area (Å²) in [5.74, 6) is -2.14. The number of nitrogens with zero attached hydrogens (tertiary/aromatic N) is 2.